The lowest BCUT2D eigenvalue weighted by molar-refractivity contribution is -0.387. The van der Waals surface area contributed by atoms with E-state index in [1.165, 1.54) is 17.8 Å². The molecular weight excluding hydrogens is 396 g/mol. The van der Waals surface area contributed by atoms with Gasteiger partial charge in [-0.2, -0.15) is 0 Å². The lowest BCUT2D eigenvalue weighted by atomic mass is 10.1. The monoisotopic (exact) mass is 414 g/mol. The fourth-order valence-electron chi connectivity index (χ4n) is 2.91. The predicted molar refractivity (Wildman–Crippen MR) is 120 cm³/mol. The third-order valence-corrected chi connectivity index (χ3v) is 5.64. The van der Waals surface area contributed by atoms with Gasteiger partial charge in [0.1, 0.15) is 0 Å². The van der Waals surface area contributed by atoms with Crippen molar-refractivity contribution in [2.45, 2.75) is 10.1 Å². The van der Waals surface area contributed by atoms with Crippen LogP contribution in [-0.2, 0) is 7.05 Å². The number of rotatable bonds is 6. The van der Waals surface area contributed by atoms with Gasteiger partial charge >= 0.3 is 0 Å². The molecule has 3 aromatic carbocycles. The Kier molecular flexibility index (Phi) is 5.72. The molecular formula is C23H18N4O2S. The van der Waals surface area contributed by atoms with Gasteiger partial charge in [-0.3, -0.25) is 15.1 Å². The topological polar surface area (TPSA) is 73.3 Å². The highest BCUT2D eigenvalue weighted by Crippen LogP contribution is 2.34. The third-order valence-electron chi connectivity index (χ3n) is 4.50. The quantitative estimate of drug-likeness (QED) is 0.224. The van der Waals surface area contributed by atoms with Crippen molar-refractivity contribution in [2.24, 2.45) is 12.0 Å². The van der Waals surface area contributed by atoms with Crippen LogP contribution >= 0.6 is 11.8 Å². The van der Waals surface area contributed by atoms with E-state index in [9.17, 15) is 10.1 Å². The van der Waals surface area contributed by atoms with Gasteiger partial charge in [0.25, 0.3) is 5.69 Å². The number of aliphatic imine (C=N–C) groups is 1. The van der Waals surface area contributed by atoms with E-state index in [1.54, 1.807) is 24.7 Å². The maximum atomic E-state index is 11.6. The molecule has 4 rings (SSSR count). The van der Waals surface area contributed by atoms with Crippen LogP contribution < -0.4 is 0 Å². The first-order valence-electron chi connectivity index (χ1n) is 9.23. The molecule has 0 fully saturated rings. The van der Waals surface area contributed by atoms with Gasteiger partial charge in [0.15, 0.2) is 5.16 Å². The molecule has 148 valence electrons. The summed E-state index contributed by atoms with van der Waals surface area (Å²) in [7, 11) is 1.85. The lowest BCUT2D eigenvalue weighted by Gasteiger charge is -2.04. The summed E-state index contributed by atoms with van der Waals surface area (Å²) in [6.45, 7) is 0. The molecule has 0 bridgehead atoms. The van der Waals surface area contributed by atoms with Crippen molar-refractivity contribution in [3.05, 3.63) is 101 Å². The van der Waals surface area contributed by atoms with Crippen LogP contribution in [0, 0.1) is 10.1 Å². The Balaban J connectivity index is 1.54. The van der Waals surface area contributed by atoms with E-state index < -0.39 is 0 Å². The van der Waals surface area contributed by atoms with Crippen LogP contribution in [0.5, 0.6) is 0 Å². The van der Waals surface area contributed by atoms with Crippen LogP contribution in [-0.4, -0.2) is 20.7 Å². The predicted octanol–water partition coefficient (Wildman–Crippen LogP) is 5.90. The van der Waals surface area contributed by atoms with E-state index in [-0.39, 0.29) is 10.6 Å². The number of aromatic nitrogens is 2. The first kappa shape index (κ1) is 19.6. The normalized spacial score (nSPS) is 11.1. The summed E-state index contributed by atoms with van der Waals surface area (Å²) < 4.78 is 1.82. The molecule has 0 saturated heterocycles. The fraction of sp³-hybridized carbons (Fsp3) is 0.0435. The number of nitro groups is 1. The van der Waals surface area contributed by atoms with Crippen LogP contribution in [0.1, 0.15) is 5.56 Å². The lowest BCUT2D eigenvalue weighted by Crippen LogP contribution is -1.95. The number of imidazole rings is 1. The largest absolute Gasteiger partial charge is 0.329 e. The van der Waals surface area contributed by atoms with Gasteiger partial charge < -0.3 is 4.57 Å². The Bertz CT molecular complexity index is 1200. The van der Waals surface area contributed by atoms with E-state index >= 15 is 0 Å². The summed E-state index contributed by atoms with van der Waals surface area (Å²) in [5.74, 6) is 0. The summed E-state index contributed by atoms with van der Waals surface area (Å²) in [6, 6.07) is 23.1. The van der Waals surface area contributed by atoms with E-state index in [2.05, 4.69) is 22.1 Å². The Morgan fingerprint density at radius 1 is 1.03 bits per heavy atom. The van der Waals surface area contributed by atoms with E-state index in [4.69, 9.17) is 0 Å². The number of hydrogen-bond acceptors (Lipinski definition) is 5. The highest BCUT2D eigenvalue weighted by atomic mass is 32.2. The summed E-state index contributed by atoms with van der Waals surface area (Å²) in [5.41, 5.74) is 3.73. The van der Waals surface area contributed by atoms with Crippen molar-refractivity contribution >= 4 is 29.4 Å². The molecule has 0 aliphatic heterocycles. The van der Waals surface area contributed by atoms with Crippen molar-refractivity contribution in [1.29, 1.82) is 0 Å². The van der Waals surface area contributed by atoms with Crippen molar-refractivity contribution in [1.82, 2.24) is 9.55 Å². The molecule has 0 radical (unpaired) electrons. The molecule has 0 unspecified atom stereocenters. The second-order valence-electron chi connectivity index (χ2n) is 6.58. The van der Waals surface area contributed by atoms with Gasteiger partial charge in [-0.1, -0.05) is 48.5 Å². The summed E-state index contributed by atoms with van der Waals surface area (Å²) in [6.07, 6.45) is 5.11. The number of benzene rings is 3. The van der Waals surface area contributed by atoms with Crippen molar-refractivity contribution < 1.29 is 4.92 Å². The van der Waals surface area contributed by atoms with E-state index in [0.717, 1.165) is 16.8 Å². The number of nitrogens with zero attached hydrogens (tertiary/aromatic N) is 4. The molecule has 6 nitrogen and oxygen atoms in total. The summed E-state index contributed by atoms with van der Waals surface area (Å²) in [4.78, 5) is 20.4. The van der Waals surface area contributed by atoms with Crippen LogP contribution in [0.4, 0.5) is 11.4 Å². The molecule has 1 aromatic heterocycles. The molecule has 0 aliphatic carbocycles. The van der Waals surface area contributed by atoms with Gasteiger partial charge in [-0.25, -0.2) is 4.98 Å². The Hall–Kier alpha value is -3.71. The molecule has 0 aliphatic rings. The zero-order chi connectivity index (χ0) is 20.9. The molecule has 0 spiro atoms. The standard InChI is InChI=1S/C23H18N4O2S/c1-26-14-13-24-23(26)30-22-12-7-17(15-21(22)27(28)29)16-25-20-10-8-19(9-11-20)18-5-3-2-4-6-18/h2-16H,1H3. The zero-order valence-electron chi connectivity index (χ0n) is 16.2. The average molecular weight is 414 g/mol. The maximum Gasteiger partial charge on any atom is 0.283 e. The van der Waals surface area contributed by atoms with Crippen LogP contribution in [0.15, 0.2) is 100 Å². The molecule has 0 amide bonds. The van der Waals surface area contributed by atoms with Gasteiger partial charge in [-0.05, 0) is 46.7 Å². The highest BCUT2D eigenvalue weighted by molar-refractivity contribution is 7.99. The second kappa shape index (κ2) is 8.75. The number of nitro benzene ring substituents is 1. The Morgan fingerprint density at radius 3 is 2.43 bits per heavy atom. The van der Waals surface area contributed by atoms with E-state index in [0.29, 0.717) is 15.6 Å². The summed E-state index contributed by atoms with van der Waals surface area (Å²) >= 11 is 1.26. The highest BCUT2D eigenvalue weighted by Gasteiger charge is 2.17. The number of aryl methyl sites for hydroxylation is 1. The second-order valence-corrected chi connectivity index (χ2v) is 7.59. The van der Waals surface area contributed by atoms with Crippen LogP contribution in [0.25, 0.3) is 11.1 Å². The molecule has 0 atom stereocenters. The fourth-order valence-corrected chi connectivity index (χ4v) is 3.80. The first-order chi connectivity index (χ1) is 14.6. The molecule has 30 heavy (non-hydrogen) atoms. The molecule has 1 heterocycles. The minimum absolute atomic E-state index is 0.0337. The minimum Gasteiger partial charge on any atom is -0.329 e. The van der Waals surface area contributed by atoms with Gasteiger partial charge in [0, 0.05) is 31.7 Å². The SMILES string of the molecule is Cn1ccnc1Sc1ccc(C=Nc2ccc(-c3ccccc3)cc2)cc1[N+](=O)[O-]. The minimum atomic E-state index is -0.378. The van der Waals surface area contributed by atoms with Gasteiger partial charge in [0.05, 0.1) is 15.5 Å². The van der Waals surface area contributed by atoms with Crippen molar-refractivity contribution in [2.75, 3.05) is 0 Å². The van der Waals surface area contributed by atoms with Gasteiger partial charge in [-0.15, -0.1) is 0 Å². The zero-order valence-corrected chi connectivity index (χ0v) is 17.0. The Morgan fingerprint density at radius 2 is 1.77 bits per heavy atom. The summed E-state index contributed by atoms with van der Waals surface area (Å²) in [5, 5.41) is 12.2. The first-order valence-corrected chi connectivity index (χ1v) is 10.0. The smallest absolute Gasteiger partial charge is 0.283 e. The maximum absolute atomic E-state index is 11.6. The molecule has 0 N–H and O–H groups in total. The average Bonchev–Trinajstić information content (AvgIpc) is 3.18. The molecule has 4 aromatic rings. The Labute approximate surface area is 178 Å². The van der Waals surface area contributed by atoms with Crippen molar-refractivity contribution in [3.63, 3.8) is 0 Å². The van der Waals surface area contributed by atoms with Gasteiger partial charge in [0.2, 0.25) is 0 Å². The molecule has 7 heteroatoms. The molecule has 0 saturated carbocycles. The van der Waals surface area contributed by atoms with Crippen LogP contribution in [0.2, 0.25) is 0 Å². The van der Waals surface area contributed by atoms with Crippen LogP contribution in [0.3, 0.4) is 0 Å². The van der Waals surface area contributed by atoms with Crippen molar-refractivity contribution in [3.8, 4) is 11.1 Å². The van der Waals surface area contributed by atoms with E-state index in [1.807, 2.05) is 60.1 Å². The third kappa shape index (κ3) is 4.47. The number of hydrogen-bond donors (Lipinski definition) is 0.